The summed E-state index contributed by atoms with van der Waals surface area (Å²) in [7, 11) is -1.49. The Balaban J connectivity index is 0.00000300. The molecule has 0 saturated heterocycles. The van der Waals surface area contributed by atoms with Crippen molar-refractivity contribution in [1.29, 1.82) is 0 Å². The van der Waals surface area contributed by atoms with Gasteiger partial charge in [0.05, 0.1) is 17.1 Å². The first kappa shape index (κ1) is 23.1. The topological polar surface area (TPSA) is 83.5 Å². The Morgan fingerprint density at radius 3 is 2.48 bits per heavy atom. The molecule has 1 aromatic heterocycles. The van der Waals surface area contributed by atoms with Gasteiger partial charge < -0.3 is 10.6 Å². The molecule has 0 saturated carbocycles. The van der Waals surface area contributed by atoms with Crippen molar-refractivity contribution >= 4 is 50.5 Å². The molecular formula is C21H25IN4O2S. The van der Waals surface area contributed by atoms with E-state index in [-0.39, 0.29) is 24.0 Å². The number of fused-ring (bicyclic) bond motifs is 1. The lowest BCUT2D eigenvalue weighted by atomic mass is 10.1. The van der Waals surface area contributed by atoms with E-state index in [2.05, 4.69) is 32.7 Å². The molecule has 0 aliphatic heterocycles. The SMILES string of the molecule is CN=C(NCc1ccc(S(C)(=O)=O)c(C)c1)NCc1nccc2ccccc12.I. The number of aliphatic imine (C=N–C) groups is 1. The average Bonchev–Trinajstić information content (AvgIpc) is 2.67. The Bertz CT molecular complexity index is 1130. The van der Waals surface area contributed by atoms with E-state index in [0.717, 1.165) is 27.6 Å². The fourth-order valence-corrected chi connectivity index (χ4v) is 4.09. The summed E-state index contributed by atoms with van der Waals surface area (Å²) in [6, 6.07) is 15.5. The minimum atomic E-state index is -3.21. The van der Waals surface area contributed by atoms with Gasteiger partial charge in [-0.15, -0.1) is 24.0 Å². The van der Waals surface area contributed by atoms with E-state index >= 15 is 0 Å². The van der Waals surface area contributed by atoms with Crippen LogP contribution in [0.15, 0.2) is 64.6 Å². The summed E-state index contributed by atoms with van der Waals surface area (Å²) in [4.78, 5) is 9.08. The third-order valence-electron chi connectivity index (χ3n) is 4.50. The standard InChI is InChI=1S/C21H24N4O2S.HI/c1-15-12-16(8-9-20(15)28(3,26)27)13-24-21(22-2)25-14-19-18-7-5-4-6-17(18)10-11-23-19;/h4-12H,13-14H2,1-3H3,(H2,22,24,25);1H. The number of pyridine rings is 1. The minimum absolute atomic E-state index is 0. The molecule has 6 nitrogen and oxygen atoms in total. The molecule has 0 atom stereocenters. The molecule has 2 aromatic carbocycles. The van der Waals surface area contributed by atoms with Gasteiger partial charge in [0.25, 0.3) is 0 Å². The van der Waals surface area contributed by atoms with Gasteiger partial charge in [-0.2, -0.15) is 0 Å². The number of benzene rings is 2. The van der Waals surface area contributed by atoms with Gasteiger partial charge in [-0.3, -0.25) is 9.98 Å². The predicted molar refractivity (Wildman–Crippen MR) is 128 cm³/mol. The van der Waals surface area contributed by atoms with Crippen molar-refractivity contribution in [2.24, 2.45) is 4.99 Å². The van der Waals surface area contributed by atoms with E-state index in [1.165, 1.54) is 6.26 Å². The molecule has 0 spiro atoms. The van der Waals surface area contributed by atoms with Crippen molar-refractivity contribution in [2.45, 2.75) is 24.9 Å². The van der Waals surface area contributed by atoms with Crippen LogP contribution >= 0.6 is 24.0 Å². The van der Waals surface area contributed by atoms with Crippen molar-refractivity contribution in [1.82, 2.24) is 15.6 Å². The lowest BCUT2D eigenvalue weighted by molar-refractivity contribution is 0.601. The predicted octanol–water partition coefficient (Wildman–Crippen LogP) is 3.43. The quantitative estimate of drug-likeness (QED) is 0.304. The smallest absolute Gasteiger partial charge is 0.191 e. The van der Waals surface area contributed by atoms with Crippen LogP contribution in [0.2, 0.25) is 0 Å². The molecule has 29 heavy (non-hydrogen) atoms. The molecule has 0 fully saturated rings. The number of aromatic nitrogens is 1. The van der Waals surface area contributed by atoms with Crippen molar-refractivity contribution in [3.8, 4) is 0 Å². The van der Waals surface area contributed by atoms with Crippen LogP contribution < -0.4 is 10.6 Å². The van der Waals surface area contributed by atoms with E-state index in [9.17, 15) is 8.42 Å². The van der Waals surface area contributed by atoms with E-state index < -0.39 is 9.84 Å². The van der Waals surface area contributed by atoms with Crippen LogP contribution in [0.25, 0.3) is 10.8 Å². The molecule has 0 aliphatic carbocycles. The molecule has 0 amide bonds. The number of aryl methyl sites for hydroxylation is 1. The molecule has 8 heteroatoms. The second kappa shape index (κ2) is 10.0. The maximum Gasteiger partial charge on any atom is 0.191 e. The molecule has 154 valence electrons. The number of nitrogens with zero attached hydrogens (tertiary/aromatic N) is 2. The first-order valence-electron chi connectivity index (χ1n) is 8.95. The van der Waals surface area contributed by atoms with Crippen LogP contribution in [0.1, 0.15) is 16.8 Å². The summed E-state index contributed by atoms with van der Waals surface area (Å²) in [5.41, 5.74) is 2.68. The zero-order valence-corrected chi connectivity index (χ0v) is 19.8. The van der Waals surface area contributed by atoms with Gasteiger partial charge in [0.2, 0.25) is 0 Å². The molecule has 0 aliphatic rings. The van der Waals surface area contributed by atoms with E-state index in [1.54, 1.807) is 20.0 Å². The summed E-state index contributed by atoms with van der Waals surface area (Å²) in [6.07, 6.45) is 3.03. The van der Waals surface area contributed by atoms with Crippen LogP contribution in [-0.2, 0) is 22.9 Å². The number of sulfone groups is 1. The lowest BCUT2D eigenvalue weighted by Crippen LogP contribution is -2.36. The summed E-state index contributed by atoms with van der Waals surface area (Å²) in [5.74, 6) is 0.652. The maximum absolute atomic E-state index is 11.7. The number of rotatable bonds is 5. The highest BCUT2D eigenvalue weighted by atomic mass is 127. The van der Waals surface area contributed by atoms with Crippen molar-refractivity contribution in [3.63, 3.8) is 0 Å². The van der Waals surface area contributed by atoms with Crippen molar-refractivity contribution < 1.29 is 8.42 Å². The number of hydrogen-bond donors (Lipinski definition) is 2. The maximum atomic E-state index is 11.7. The summed E-state index contributed by atoms with van der Waals surface area (Å²) in [6.45, 7) is 2.89. The highest BCUT2D eigenvalue weighted by Crippen LogP contribution is 2.17. The number of hydrogen-bond acceptors (Lipinski definition) is 4. The van der Waals surface area contributed by atoms with Crippen LogP contribution in [0, 0.1) is 6.92 Å². The molecule has 0 radical (unpaired) electrons. The van der Waals surface area contributed by atoms with Gasteiger partial charge in [-0.1, -0.05) is 36.4 Å². The first-order chi connectivity index (χ1) is 13.4. The van der Waals surface area contributed by atoms with Crippen LogP contribution in [0.4, 0.5) is 0 Å². The molecule has 0 unspecified atom stereocenters. The Labute approximate surface area is 188 Å². The number of halogens is 1. The van der Waals surface area contributed by atoms with E-state index in [1.807, 2.05) is 36.5 Å². The zero-order chi connectivity index (χ0) is 20.1. The third-order valence-corrected chi connectivity index (χ3v) is 5.76. The largest absolute Gasteiger partial charge is 0.352 e. The van der Waals surface area contributed by atoms with Crippen molar-refractivity contribution in [3.05, 3.63) is 71.5 Å². The zero-order valence-electron chi connectivity index (χ0n) is 16.6. The van der Waals surface area contributed by atoms with E-state index in [0.29, 0.717) is 23.9 Å². The first-order valence-corrected chi connectivity index (χ1v) is 10.8. The average molecular weight is 524 g/mol. The van der Waals surface area contributed by atoms with Gasteiger partial charge in [0, 0.05) is 31.4 Å². The third kappa shape index (κ3) is 5.89. The van der Waals surface area contributed by atoms with Crippen LogP contribution in [0.5, 0.6) is 0 Å². The fourth-order valence-electron chi connectivity index (χ4n) is 3.13. The van der Waals surface area contributed by atoms with Gasteiger partial charge in [-0.25, -0.2) is 8.42 Å². The van der Waals surface area contributed by atoms with Gasteiger partial charge >= 0.3 is 0 Å². The van der Waals surface area contributed by atoms with Crippen LogP contribution in [0.3, 0.4) is 0 Å². The molecule has 1 heterocycles. The molecular weight excluding hydrogens is 499 g/mol. The second-order valence-corrected chi connectivity index (χ2v) is 8.61. The van der Waals surface area contributed by atoms with Gasteiger partial charge in [-0.05, 0) is 35.6 Å². The van der Waals surface area contributed by atoms with Crippen molar-refractivity contribution in [2.75, 3.05) is 13.3 Å². The monoisotopic (exact) mass is 524 g/mol. The Morgan fingerprint density at radius 2 is 1.79 bits per heavy atom. The number of guanidine groups is 1. The minimum Gasteiger partial charge on any atom is -0.352 e. The Hall–Kier alpha value is -2.20. The molecule has 2 N–H and O–H groups in total. The summed E-state index contributed by atoms with van der Waals surface area (Å²) >= 11 is 0. The molecule has 3 rings (SSSR count). The van der Waals surface area contributed by atoms with Gasteiger partial charge in [0.15, 0.2) is 15.8 Å². The Morgan fingerprint density at radius 1 is 1.07 bits per heavy atom. The highest BCUT2D eigenvalue weighted by molar-refractivity contribution is 14.0. The van der Waals surface area contributed by atoms with Crippen LogP contribution in [-0.4, -0.2) is 32.7 Å². The second-order valence-electron chi connectivity index (χ2n) is 6.63. The molecule has 3 aromatic rings. The van der Waals surface area contributed by atoms with Gasteiger partial charge in [0.1, 0.15) is 0 Å². The molecule has 0 bridgehead atoms. The normalized spacial score (nSPS) is 11.8. The lowest BCUT2D eigenvalue weighted by Gasteiger charge is -2.13. The highest BCUT2D eigenvalue weighted by Gasteiger charge is 2.11. The summed E-state index contributed by atoms with van der Waals surface area (Å²) < 4.78 is 23.5. The summed E-state index contributed by atoms with van der Waals surface area (Å²) in [5, 5.41) is 8.79. The fraction of sp³-hybridized carbons (Fsp3) is 0.238. The van der Waals surface area contributed by atoms with E-state index in [4.69, 9.17) is 0 Å². The number of nitrogens with one attached hydrogen (secondary N) is 2. The Kier molecular flexibility index (Phi) is 7.97.